The van der Waals surface area contributed by atoms with Crippen LogP contribution in [0.25, 0.3) is 98.8 Å². The quantitative estimate of drug-likeness (QED) is 0.164. The van der Waals surface area contributed by atoms with E-state index in [1.807, 2.05) is 61.2 Å². The van der Waals surface area contributed by atoms with Gasteiger partial charge in [-0.3, -0.25) is 9.97 Å². The molecule has 0 fully saturated rings. The van der Waals surface area contributed by atoms with Crippen LogP contribution >= 0.6 is 11.3 Å². The van der Waals surface area contributed by atoms with E-state index < -0.39 is 0 Å². The second-order valence-electron chi connectivity index (χ2n) is 13.3. The molecule has 5 aromatic carbocycles. The van der Waals surface area contributed by atoms with E-state index in [0.717, 1.165) is 77.2 Å². The Morgan fingerprint density at radius 3 is 1.53 bits per heavy atom. The van der Waals surface area contributed by atoms with Crippen LogP contribution < -0.4 is 0 Å². The monoisotopic (exact) mass is 721 g/mol. The number of benzene rings is 5. The molecule has 0 bridgehead atoms. The van der Waals surface area contributed by atoms with Crippen molar-refractivity contribution in [2.45, 2.75) is 0 Å². The van der Waals surface area contributed by atoms with E-state index >= 15 is 0 Å². The van der Waals surface area contributed by atoms with Crippen molar-refractivity contribution in [2.24, 2.45) is 0 Å². The van der Waals surface area contributed by atoms with Crippen LogP contribution in [0.5, 0.6) is 0 Å². The van der Waals surface area contributed by atoms with Crippen molar-refractivity contribution in [3.05, 3.63) is 189 Å². The van der Waals surface area contributed by atoms with E-state index in [1.165, 1.54) is 15.8 Å². The van der Waals surface area contributed by atoms with Crippen molar-refractivity contribution >= 4 is 32.3 Å². The summed E-state index contributed by atoms with van der Waals surface area (Å²) in [5.41, 5.74) is 13.6. The third-order valence-corrected chi connectivity index (χ3v) is 11.2. The molecule has 0 spiro atoms. The molecule has 10 aromatic rings. The summed E-state index contributed by atoms with van der Waals surface area (Å²) in [5, 5.41) is 2.34. The summed E-state index contributed by atoms with van der Waals surface area (Å²) >= 11 is 1.79. The molecule has 0 amide bonds. The Hall–Kier alpha value is -7.15. The summed E-state index contributed by atoms with van der Waals surface area (Å²) in [4.78, 5) is 25.1. The number of thiophene rings is 1. The van der Waals surface area contributed by atoms with Crippen LogP contribution in [0.3, 0.4) is 0 Å². The molecule has 0 saturated heterocycles. The van der Waals surface area contributed by atoms with Gasteiger partial charge in [-0.2, -0.15) is 0 Å². The highest BCUT2D eigenvalue weighted by atomic mass is 32.1. The summed E-state index contributed by atoms with van der Waals surface area (Å²) in [5.74, 6) is 0.708. The van der Waals surface area contributed by atoms with Gasteiger partial charge in [-0.15, -0.1) is 11.3 Å². The predicted molar refractivity (Wildman–Crippen MR) is 226 cm³/mol. The molecule has 0 aliphatic heterocycles. The first-order valence-electron chi connectivity index (χ1n) is 18.1. The molecular formula is C49H31N5S. The van der Waals surface area contributed by atoms with E-state index in [9.17, 15) is 0 Å². The van der Waals surface area contributed by atoms with Crippen molar-refractivity contribution in [1.29, 1.82) is 0 Å². The summed E-state index contributed by atoms with van der Waals surface area (Å²) in [6.45, 7) is 0. The van der Waals surface area contributed by atoms with Gasteiger partial charge in [-0.1, -0.05) is 127 Å². The van der Waals surface area contributed by atoms with Gasteiger partial charge in [0.15, 0.2) is 5.82 Å². The van der Waals surface area contributed by atoms with Crippen LogP contribution in [0.2, 0.25) is 0 Å². The van der Waals surface area contributed by atoms with Crippen LogP contribution in [0, 0.1) is 0 Å². The Kier molecular flexibility index (Phi) is 8.28. The molecule has 0 atom stereocenters. The van der Waals surface area contributed by atoms with Crippen molar-refractivity contribution in [1.82, 2.24) is 24.9 Å². The first-order valence-corrected chi connectivity index (χ1v) is 19.0. The zero-order valence-electron chi connectivity index (χ0n) is 29.5. The summed E-state index contributed by atoms with van der Waals surface area (Å²) in [6, 6.07) is 56.7. The molecule has 0 unspecified atom stereocenters. The number of aromatic nitrogens is 5. The predicted octanol–water partition coefficient (Wildman–Crippen LogP) is 12.7. The maximum absolute atomic E-state index is 5.29. The normalized spacial score (nSPS) is 11.3. The fourth-order valence-corrected chi connectivity index (χ4v) is 8.58. The third kappa shape index (κ3) is 6.14. The molecule has 0 aliphatic rings. The van der Waals surface area contributed by atoms with Crippen molar-refractivity contribution < 1.29 is 0 Å². The highest BCUT2D eigenvalue weighted by Gasteiger charge is 2.22. The smallest absolute Gasteiger partial charge is 0.160 e. The average Bonchev–Trinajstić information content (AvgIpc) is 3.69. The molecular weight excluding hydrogens is 691 g/mol. The van der Waals surface area contributed by atoms with Gasteiger partial charge in [-0.05, 0) is 58.7 Å². The zero-order valence-corrected chi connectivity index (χ0v) is 30.4. The van der Waals surface area contributed by atoms with Crippen LogP contribution in [-0.4, -0.2) is 24.9 Å². The second kappa shape index (κ2) is 14.0. The highest BCUT2D eigenvalue weighted by Crippen LogP contribution is 2.49. The fourth-order valence-electron chi connectivity index (χ4n) is 7.23. The Balaban J connectivity index is 1.04. The topological polar surface area (TPSA) is 64.5 Å². The van der Waals surface area contributed by atoms with E-state index in [-0.39, 0.29) is 0 Å². The number of fused-ring (bicyclic) bond motifs is 3. The molecule has 5 nitrogen and oxygen atoms in total. The Morgan fingerprint density at radius 2 is 0.891 bits per heavy atom. The van der Waals surface area contributed by atoms with Gasteiger partial charge >= 0.3 is 0 Å². The van der Waals surface area contributed by atoms with Gasteiger partial charge in [-0.25, -0.2) is 15.0 Å². The van der Waals surface area contributed by atoms with E-state index in [0.29, 0.717) is 5.82 Å². The molecule has 55 heavy (non-hydrogen) atoms. The van der Waals surface area contributed by atoms with Crippen LogP contribution in [0.15, 0.2) is 189 Å². The number of para-hydroxylation sites is 1. The van der Waals surface area contributed by atoms with Crippen molar-refractivity contribution in [2.75, 3.05) is 0 Å². The molecule has 0 aliphatic carbocycles. The van der Waals surface area contributed by atoms with E-state index in [1.54, 1.807) is 11.3 Å². The van der Waals surface area contributed by atoms with Gasteiger partial charge in [0.1, 0.15) is 0 Å². The number of hydrogen-bond donors (Lipinski definition) is 0. The van der Waals surface area contributed by atoms with Crippen LogP contribution in [0.1, 0.15) is 0 Å². The standard InChI is InChI=1S/C49H31N5S/c1-3-9-34(10-4-1)42-31-43(54-49(53-42)39-11-5-2-6-12-39)35-19-15-32(16-20-35)33-17-21-37(22-18-33)46-48-45(40-13-7-8-14-41(40)52-46)44(36-23-27-50-28-24-36)47(55-48)38-25-29-51-30-26-38/h1-31H. The summed E-state index contributed by atoms with van der Waals surface area (Å²) in [6.07, 6.45) is 7.44. The third-order valence-electron chi connectivity index (χ3n) is 9.94. The first-order chi connectivity index (χ1) is 27.3. The van der Waals surface area contributed by atoms with E-state index in [4.69, 9.17) is 15.0 Å². The maximum Gasteiger partial charge on any atom is 0.160 e. The molecule has 6 heteroatoms. The lowest BCUT2D eigenvalue weighted by molar-refractivity contribution is 1.18. The Morgan fingerprint density at radius 1 is 0.382 bits per heavy atom. The summed E-state index contributed by atoms with van der Waals surface area (Å²) < 4.78 is 1.16. The largest absolute Gasteiger partial charge is 0.265 e. The Bertz CT molecular complexity index is 2870. The Labute approximate surface area is 322 Å². The van der Waals surface area contributed by atoms with Gasteiger partial charge in [0.25, 0.3) is 0 Å². The first kappa shape index (κ1) is 32.5. The zero-order chi connectivity index (χ0) is 36.6. The number of pyridine rings is 3. The maximum atomic E-state index is 5.29. The molecule has 0 saturated carbocycles. The second-order valence-corrected chi connectivity index (χ2v) is 14.3. The molecule has 5 aromatic heterocycles. The van der Waals surface area contributed by atoms with Gasteiger partial charge < -0.3 is 0 Å². The molecule has 10 rings (SSSR count). The van der Waals surface area contributed by atoms with E-state index in [2.05, 4.69) is 137 Å². The fraction of sp³-hybridized carbons (Fsp3) is 0. The van der Waals surface area contributed by atoms with Crippen LogP contribution in [-0.2, 0) is 0 Å². The molecule has 5 heterocycles. The minimum atomic E-state index is 0.708. The van der Waals surface area contributed by atoms with Gasteiger partial charge in [0, 0.05) is 68.3 Å². The van der Waals surface area contributed by atoms with Crippen LogP contribution in [0.4, 0.5) is 0 Å². The molecule has 0 radical (unpaired) electrons. The lowest BCUT2D eigenvalue weighted by atomic mass is 9.96. The molecule has 0 N–H and O–H groups in total. The van der Waals surface area contributed by atoms with Crippen molar-refractivity contribution in [3.63, 3.8) is 0 Å². The average molecular weight is 722 g/mol. The lowest BCUT2D eigenvalue weighted by Gasteiger charge is -2.11. The highest BCUT2D eigenvalue weighted by molar-refractivity contribution is 7.23. The number of hydrogen-bond acceptors (Lipinski definition) is 6. The summed E-state index contributed by atoms with van der Waals surface area (Å²) in [7, 11) is 0. The molecule has 258 valence electrons. The van der Waals surface area contributed by atoms with Gasteiger partial charge in [0.2, 0.25) is 0 Å². The minimum Gasteiger partial charge on any atom is -0.265 e. The lowest BCUT2D eigenvalue weighted by Crippen LogP contribution is -1.95. The number of rotatable bonds is 7. The van der Waals surface area contributed by atoms with Gasteiger partial charge in [0.05, 0.1) is 27.3 Å². The van der Waals surface area contributed by atoms with Crippen molar-refractivity contribution in [3.8, 4) is 77.9 Å². The SMILES string of the molecule is c1ccc(-c2cc(-c3ccc(-c4ccc(-c5nc6ccccc6c6c(-c7ccncc7)c(-c7ccncc7)sc56)cc4)cc3)nc(-c3ccccc3)n2)cc1. The number of nitrogens with zero attached hydrogens (tertiary/aromatic N) is 5. The minimum absolute atomic E-state index is 0.708.